The average Bonchev–Trinajstić information content (AvgIpc) is 3.02. The second-order valence-electron chi connectivity index (χ2n) is 5.65. The molecule has 23 heavy (non-hydrogen) atoms. The van der Waals surface area contributed by atoms with Crippen LogP contribution in [0.4, 0.5) is 13.2 Å². The van der Waals surface area contributed by atoms with Crippen molar-refractivity contribution in [3.63, 3.8) is 0 Å². The molecule has 0 amide bonds. The van der Waals surface area contributed by atoms with Crippen LogP contribution in [0.1, 0.15) is 24.2 Å². The van der Waals surface area contributed by atoms with Crippen molar-refractivity contribution in [1.29, 1.82) is 0 Å². The van der Waals surface area contributed by atoms with Gasteiger partial charge in [0.05, 0.1) is 12.1 Å². The third-order valence-corrected chi connectivity index (χ3v) is 3.93. The molecule has 0 bridgehead atoms. The third-order valence-electron chi connectivity index (χ3n) is 3.93. The van der Waals surface area contributed by atoms with Crippen molar-refractivity contribution in [1.82, 2.24) is 14.9 Å². The van der Waals surface area contributed by atoms with E-state index in [1.54, 1.807) is 18.5 Å². The summed E-state index contributed by atoms with van der Waals surface area (Å²) in [6.07, 6.45) is 0.698. The maximum Gasteiger partial charge on any atom is 0.416 e. The van der Waals surface area contributed by atoms with Gasteiger partial charge in [-0.3, -0.25) is 4.90 Å². The minimum Gasteiger partial charge on any atom is -0.490 e. The van der Waals surface area contributed by atoms with Crippen LogP contribution in [0.15, 0.2) is 36.7 Å². The Labute approximate surface area is 132 Å². The number of aromatic amines is 1. The van der Waals surface area contributed by atoms with Gasteiger partial charge < -0.3 is 9.72 Å². The molecule has 0 aliphatic carbocycles. The summed E-state index contributed by atoms with van der Waals surface area (Å²) < 4.78 is 43.8. The van der Waals surface area contributed by atoms with Crippen molar-refractivity contribution in [3.8, 4) is 5.75 Å². The number of alkyl halides is 3. The molecule has 2 aromatic rings. The number of H-pyrrole nitrogens is 1. The molecule has 1 aliphatic heterocycles. The molecule has 3 rings (SSSR count). The Morgan fingerprint density at radius 3 is 2.70 bits per heavy atom. The first-order chi connectivity index (χ1) is 11.0. The number of halogens is 3. The highest BCUT2D eigenvalue weighted by Gasteiger charge is 2.31. The van der Waals surface area contributed by atoms with Gasteiger partial charge in [0.2, 0.25) is 0 Å². The number of hydrogen-bond acceptors (Lipinski definition) is 3. The van der Waals surface area contributed by atoms with Crippen molar-refractivity contribution < 1.29 is 17.9 Å². The first kappa shape index (κ1) is 15.9. The van der Waals surface area contributed by atoms with Crippen LogP contribution in [-0.2, 0) is 12.7 Å². The first-order valence-electron chi connectivity index (χ1n) is 7.55. The smallest absolute Gasteiger partial charge is 0.416 e. The van der Waals surface area contributed by atoms with Crippen LogP contribution in [0.3, 0.4) is 0 Å². The number of rotatable bonds is 4. The number of likely N-dealkylation sites (tertiary alicyclic amines) is 1. The Morgan fingerprint density at radius 1 is 1.26 bits per heavy atom. The molecule has 0 atom stereocenters. The van der Waals surface area contributed by atoms with Gasteiger partial charge in [-0.2, -0.15) is 13.2 Å². The molecule has 4 nitrogen and oxygen atoms in total. The summed E-state index contributed by atoms with van der Waals surface area (Å²) in [6, 6.07) is 5.07. The van der Waals surface area contributed by atoms with Crippen molar-refractivity contribution in [2.45, 2.75) is 31.7 Å². The average molecular weight is 325 g/mol. The Balaban J connectivity index is 1.52. The van der Waals surface area contributed by atoms with E-state index in [1.165, 1.54) is 6.07 Å². The van der Waals surface area contributed by atoms with E-state index in [-0.39, 0.29) is 11.9 Å². The van der Waals surface area contributed by atoms with E-state index in [4.69, 9.17) is 4.74 Å². The molecule has 1 N–H and O–H groups in total. The van der Waals surface area contributed by atoms with Crippen molar-refractivity contribution in [3.05, 3.63) is 48.0 Å². The van der Waals surface area contributed by atoms with Gasteiger partial charge in [-0.1, -0.05) is 6.07 Å². The molecular weight excluding hydrogens is 307 g/mol. The van der Waals surface area contributed by atoms with E-state index >= 15 is 0 Å². The molecule has 0 unspecified atom stereocenters. The predicted molar refractivity (Wildman–Crippen MR) is 79.0 cm³/mol. The predicted octanol–water partition coefficient (Wildman–Crippen LogP) is 3.47. The van der Waals surface area contributed by atoms with Gasteiger partial charge in [-0.25, -0.2) is 4.98 Å². The molecule has 124 valence electrons. The Morgan fingerprint density at radius 2 is 2.04 bits per heavy atom. The third kappa shape index (κ3) is 4.25. The Hall–Kier alpha value is -2.02. The quantitative estimate of drug-likeness (QED) is 0.936. The fourth-order valence-corrected chi connectivity index (χ4v) is 2.72. The molecule has 1 aromatic carbocycles. The number of benzene rings is 1. The molecule has 1 aromatic heterocycles. The second-order valence-corrected chi connectivity index (χ2v) is 5.65. The molecule has 7 heteroatoms. The van der Waals surface area contributed by atoms with E-state index in [0.29, 0.717) is 0 Å². The lowest BCUT2D eigenvalue weighted by molar-refractivity contribution is -0.137. The minimum absolute atomic E-state index is 0.0497. The van der Waals surface area contributed by atoms with Gasteiger partial charge in [-0.15, -0.1) is 0 Å². The van der Waals surface area contributed by atoms with E-state index < -0.39 is 11.7 Å². The number of hydrogen-bond donors (Lipinski definition) is 1. The topological polar surface area (TPSA) is 41.1 Å². The standard InChI is InChI=1S/C16H18F3N3O/c17-16(18,19)12-2-1-3-14(10-12)23-13-4-8-22(9-5-13)11-15-20-6-7-21-15/h1-3,6-7,10,13H,4-5,8-9,11H2,(H,20,21). The maximum absolute atomic E-state index is 12.7. The van der Waals surface area contributed by atoms with E-state index in [1.807, 2.05) is 0 Å². The number of imidazole rings is 1. The Kier molecular flexibility index (Phi) is 4.56. The maximum atomic E-state index is 12.7. The highest BCUT2D eigenvalue weighted by Crippen LogP contribution is 2.32. The lowest BCUT2D eigenvalue weighted by Crippen LogP contribution is -2.38. The molecule has 0 saturated carbocycles. The summed E-state index contributed by atoms with van der Waals surface area (Å²) >= 11 is 0. The molecule has 2 heterocycles. The summed E-state index contributed by atoms with van der Waals surface area (Å²) in [6.45, 7) is 2.43. The van der Waals surface area contributed by atoms with Gasteiger partial charge in [-0.05, 0) is 31.0 Å². The van der Waals surface area contributed by atoms with Crippen LogP contribution >= 0.6 is 0 Å². The number of nitrogens with one attached hydrogen (secondary N) is 1. The molecular formula is C16H18F3N3O. The monoisotopic (exact) mass is 325 g/mol. The van der Waals surface area contributed by atoms with Crippen molar-refractivity contribution in [2.24, 2.45) is 0 Å². The summed E-state index contributed by atoms with van der Waals surface area (Å²) in [7, 11) is 0. The van der Waals surface area contributed by atoms with Gasteiger partial charge in [0.1, 0.15) is 17.7 Å². The first-order valence-corrected chi connectivity index (χ1v) is 7.55. The van der Waals surface area contributed by atoms with Crippen LogP contribution in [0.2, 0.25) is 0 Å². The van der Waals surface area contributed by atoms with Crippen LogP contribution in [0.25, 0.3) is 0 Å². The summed E-state index contributed by atoms with van der Waals surface area (Å²) in [5.41, 5.74) is -0.676. The molecule has 0 spiro atoms. The fourth-order valence-electron chi connectivity index (χ4n) is 2.72. The minimum atomic E-state index is -4.34. The Bertz CT molecular complexity index is 620. The largest absolute Gasteiger partial charge is 0.490 e. The lowest BCUT2D eigenvalue weighted by Gasteiger charge is -2.31. The fraction of sp³-hybridized carbons (Fsp3) is 0.438. The van der Waals surface area contributed by atoms with Crippen LogP contribution in [0.5, 0.6) is 5.75 Å². The van der Waals surface area contributed by atoms with Crippen LogP contribution in [-0.4, -0.2) is 34.1 Å². The number of nitrogens with zero attached hydrogens (tertiary/aromatic N) is 2. The van der Waals surface area contributed by atoms with Crippen LogP contribution in [0, 0.1) is 0 Å². The van der Waals surface area contributed by atoms with Gasteiger partial charge in [0.25, 0.3) is 0 Å². The molecule has 1 aliphatic rings. The highest BCUT2D eigenvalue weighted by atomic mass is 19.4. The van der Waals surface area contributed by atoms with Gasteiger partial charge in [0, 0.05) is 25.5 Å². The van der Waals surface area contributed by atoms with Crippen molar-refractivity contribution in [2.75, 3.05) is 13.1 Å². The second kappa shape index (κ2) is 6.62. The zero-order valence-corrected chi connectivity index (χ0v) is 12.5. The van der Waals surface area contributed by atoms with Crippen molar-refractivity contribution >= 4 is 0 Å². The van der Waals surface area contributed by atoms with E-state index in [2.05, 4.69) is 14.9 Å². The van der Waals surface area contributed by atoms with Crippen LogP contribution < -0.4 is 4.74 Å². The van der Waals surface area contributed by atoms with Gasteiger partial charge >= 0.3 is 6.18 Å². The lowest BCUT2D eigenvalue weighted by atomic mass is 10.1. The van der Waals surface area contributed by atoms with E-state index in [0.717, 1.165) is 50.4 Å². The number of ether oxygens (including phenoxy) is 1. The van der Waals surface area contributed by atoms with Gasteiger partial charge in [0.15, 0.2) is 0 Å². The highest BCUT2D eigenvalue weighted by molar-refractivity contribution is 5.30. The summed E-state index contributed by atoms with van der Waals surface area (Å²) in [5, 5.41) is 0. The van der Waals surface area contributed by atoms with E-state index in [9.17, 15) is 13.2 Å². The zero-order chi connectivity index (χ0) is 16.3. The normalized spacial score (nSPS) is 17.3. The summed E-state index contributed by atoms with van der Waals surface area (Å²) in [4.78, 5) is 9.51. The molecule has 1 fully saturated rings. The molecule has 0 radical (unpaired) electrons. The zero-order valence-electron chi connectivity index (χ0n) is 12.5. The SMILES string of the molecule is FC(F)(F)c1cccc(OC2CCN(Cc3ncc[nH]3)CC2)c1. The molecule has 1 saturated heterocycles. The number of aromatic nitrogens is 2. The number of piperidine rings is 1. The summed E-state index contributed by atoms with van der Waals surface area (Å²) in [5.74, 6) is 1.20.